The maximum atomic E-state index is 11.7. The number of allylic oxidation sites excluding steroid dienone is 3. The summed E-state index contributed by atoms with van der Waals surface area (Å²) in [5, 5.41) is 0. The van der Waals surface area contributed by atoms with Gasteiger partial charge >= 0.3 is 5.97 Å². The maximum Gasteiger partial charge on any atom is 0.341 e. The van der Waals surface area contributed by atoms with Gasteiger partial charge in [0.05, 0.1) is 12.2 Å². The molecule has 0 saturated carbocycles. The molecule has 3 nitrogen and oxygen atoms in total. The van der Waals surface area contributed by atoms with Crippen LogP contribution in [0.2, 0.25) is 0 Å². The molecule has 2 atom stereocenters. The summed E-state index contributed by atoms with van der Waals surface area (Å²) in [6, 6.07) is 0. The molecule has 1 rings (SSSR count). The molecule has 0 saturated heterocycles. The molecule has 0 aromatic rings. The van der Waals surface area contributed by atoms with Gasteiger partial charge in [-0.05, 0) is 58.3 Å². The zero-order valence-electron chi connectivity index (χ0n) is 13.1. The Morgan fingerprint density at radius 1 is 1.50 bits per heavy atom. The van der Waals surface area contributed by atoms with Crippen LogP contribution in [0.25, 0.3) is 0 Å². The Balaban J connectivity index is 2.63. The van der Waals surface area contributed by atoms with E-state index in [4.69, 9.17) is 4.74 Å². The summed E-state index contributed by atoms with van der Waals surface area (Å²) in [5.41, 5.74) is 1.67. The van der Waals surface area contributed by atoms with Gasteiger partial charge in [0.15, 0.2) is 5.78 Å². The van der Waals surface area contributed by atoms with Crippen molar-refractivity contribution in [1.29, 1.82) is 0 Å². The standard InChI is InChI=1S/C17H26O3/c1-5-20-17(19)16(14(4)18)11-8-13(3)15-9-6-12(2)7-10-15/h6,11,13,15H,5,7-10H2,1-4H3/b16-11-. The van der Waals surface area contributed by atoms with Crippen LogP contribution in [0.15, 0.2) is 23.3 Å². The van der Waals surface area contributed by atoms with E-state index in [0.29, 0.717) is 18.4 Å². The number of ketones is 1. The molecule has 0 radical (unpaired) electrons. The van der Waals surface area contributed by atoms with E-state index in [9.17, 15) is 9.59 Å². The predicted octanol–water partition coefficient (Wildman–Crippen LogP) is 3.84. The van der Waals surface area contributed by atoms with Gasteiger partial charge < -0.3 is 4.74 Å². The Morgan fingerprint density at radius 3 is 2.70 bits per heavy atom. The zero-order chi connectivity index (χ0) is 15.1. The first-order valence-corrected chi connectivity index (χ1v) is 7.49. The van der Waals surface area contributed by atoms with E-state index in [1.54, 1.807) is 13.0 Å². The van der Waals surface area contributed by atoms with Gasteiger partial charge in [0.2, 0.25) is 0 Å². The van der Waals surface area contributed by atoms with Gasteiger partial charge in [-0.1, -0.05) is 24.6 Å². The lowest BCUT2D eigenvalue weighted by Gasteiger charge is -2.25. The number of esters is 1. The first-order chi connectivity index (χ1) is 9.45. The topological polar surface area (TPSA) is 43.4 Å². The van der Waals surface area contributed by atoms with Gasteiger partial charge in [0.25, 0.3) is 0 Å². The summed E-state index contributed by atoms with van der Waals surface area (Å²) in [6.45, 7) is 7.83. The molecule has 0 fully saturated rings. The molecule has 0 N–H and O–H groups in total. The highest BCUT2D eigenvalue weighted by atomic mass is 16.5. The second kappa shape index (κ2) is 8.03. The van der Waals surface area contributed by atoms with Crippen molar-refractivity contribution >= 4 is 11.8 Å². The summed E-state index contributed by atoms with van der Waals surface area (Å²) in [6.07, 6.45) is 8.30. The normalized spacial score (nSPS) is 21.1. The van der Waals surface area contributed by atoms with Crippen molar-refractivity contribution in [2.75, 3.05) is 6.61 Å². The molecular formula is C17H26O3. The fourth-order valence-corrected chi connectivity index (χ4v) is 2.58. The molecule has 2 unspecified atom stereocenters. The molecule has 1 aliphatic rings. The number of ether oxygens (including phenoxy) is 1. The molecule has 0 aromatic carbocycles. The average molecular weight is 278 g/mol. The molecule has 1 aliphatic carbocycles. The third-order valence-electron chi connectivity index (χ3n) is 4.05. The van der Waals surface area contributed by atoms with Gasteiger partial charge in [0, 0.05) is 0 Å². The molecule has 0 aliphatic heterocycles. The van der Waals surface area contributed by atoms with E-state index >= 15 is 0 Å². The third-order valence-corrected chi connectivity index (χ3v) is 4.05. The highest BCUT2D eigenvalue weighted by Crippen LogP contribution is 2.31. The van der Waals surface area contributed by atoms with Crippen molar-refractivity contribution < 1.29 is 14.3 Å². The largest absolute Gasteiger partial charge is 0.462 e. The molecular weight excluding hydrogens is 252 g/mol. The molecule has 0 spiro atoms. The molecule has 3 heteroatoms. The summed E-state index contributed by atoms with van der Waals surface area (Å²) in [5.74, 6) is 0.412. The van der Waals surface area contributed by atoms with Crippen molar-refractivity contribution in [3.63, 3.8) is 0 Å². The van der Waals surface area contributed by atoms with Crippen LogP contribution in [0.4, 0.5) is 0 Å². The first-order valence-electron chi connectivity index (χ1n) is 7.49. The number of carbonyl (C=O) groups excluding carboxylic acids is 2. The van der Waals surface area contributed by atoms with Crippen molar-refractivity contribution in [2.24, 2.45) is 11.8 Å². The zero-order valence-corrected chi connectivity index (χ0v) is 13.1. The van der Waals surface area contributed by atoms with E-state index in [1.807, 2.05) is 0 Å². The van der Waals surface area contributed by atoms with Crippen LogP contribution in [-0.2, 0) is 14.3 Å². The Hall–Kier alpha value is -1.38. The van der Waals surface area contributed by atoms with Gasteiger partial charge in [-0.15, -0.1) is 0 Å². The Bertz CT molecular complexity index is 418. The number of carbonyl (C=O) groups is 2. The van der Waals surface area contributed by atoms with Crippen LogP contribution in [0.1, 0.15) is 53.4 Å². The van der Waals surface area contributed by atoms with Crippen LogP contribution in [0, 0.1) is 11.8 Å². The minimum atomic E-state index is -0.494. The van der Waals surface area contributed by atoms with E-state index < -0.39 is 5.97 Å². The van der Waals surface area contributed by atoms with Gasteiger partial charge in [-0.25, -0.2) is 4.79 Å². The number of Topliss-reactive ketones (excluding diaryl/α,β-unsaturated/α-hetero) is 1. The minimum absolute atomic E-state index is 0.196. The van der Waals surface area contributed by atoms with E-state index in [2.05, 4.69) is 19.9 Å². The summed E-state index contributed by atoms with van der Waals surface area (Å²) in [4.78, 5) is 23.2. The lowest BCUT2D eigenvalue weighted by atomic mass is 9.80. The van der Waals surface area contributed by atoms with Gasteiger partial charge in [-0.2, -0.15) is 0 Å². The monoisotopic (exact) mass is 278 g/mol. The van der Waals surface area contributed by atoms with Crippen molar-refractivity contribution in [3.05, 3.63) is 23.3 Å². The second-order valence-electron chi connectivity index (χ2n) is 5.69. The SMILES string of the molecule is CCOC(=O)/C(=C\CC(C)C1CC=C(C)CC1)C(C)=O. The molecule has 0 amide bonds. The van der Waals surface area contributed by atoms with Crippen molar-refractivity contribution in [2.45, 2.75) is 53.4 Å². The fraction of sp³-hybridized carbons (Fsp3) is 0.647. The van der Waals surface area contributed by atoms with E-state index in [-0.39, 0.29) is 11.4 Å². The Kier molecular flexibility index (Phi) is 6.69. The summed E-state index contributed by atoms with van der Waals surface area (Å²) in [7, 11) is 0. The summed E-state index contributed by atoms with van der Waals surface area (Å²) >= 11 is 0. The van der Waals surface area contributed by atoms with Gasteiger partial charge in [0.1, 0.15) is 0 Å². The highest BCUT2D eigenvalue weighted by Gasteiger charge is 2.20. The fourth-order valence-electron chi connectivity index (χ4n) is 2.58. The second-order valence-corrected chi connectivity index (χ2v) is 5.69. The number of hydrogen-bond acceptors (Lipinski definition) is 3. The molecule has 0 heterocycles. The Morgan fingerprint density at radius 2 is 2.20 bits per heavy atom. The van der Waals surface area contributed by atoms with Gasteiger partial charge in [-0.3, -0.25) is 4.79 Å². The predicted molar refractivity (Wildman–Crippen MR) is 80.3 cm³/mol. The summed E-state index contributed by atoms with van der Waals surface area (Å²) < 4.78 is 4.92. The van der Waals surface area contributed by atoms with Crippen LogP contribution < -0.4 is 0 Å². The number of hydrogen-bond donors (Lipinski definition) is 0. The molecule has 0 aromatic heterocycles. The van der Waals surface area contributed by atoms with Crippen molar-refractivity contribution in [3.8, 4) is 0 Å². The molecule has 20 heavy (non-hydrogen) atoms. The third kappa shape index (κ3) is 4.95. The van der Waals surface area contributed by atoms with Crippen molar-refractivity contribution in [1.82, 2.24) is 0 Å². The first kappa shape index (κ1) is 16.7. The molecule has 112 valence electrons. The average Bonchev–Trinajstić information content (AvgIpc) is 2.39. The lowest BCUT2D eigenvalue weighted by Crippen LogP contribution is -2.16. The van der Waals surface area contributed by atoms with E-state index in [1.165, 1.54) is 18.9 Å². The smallest absolute Gasteiger partial charge is 0.341 e. The van der Waals surface area contributed by atoms with Crippen LogP contribution >= 0.6 is 0 Å². The van der Waals surface area contributed by atoms with Crippen LogP contribution in [-0.4, -0.2) is 18.4 Å². The quantitative estimate of drug-likeness (QED) is 0.244. The molecule has 0 bridgehead atoms. The van der Waals surface area contributed by atoms with E-state index in [0.717, 1.165) is 19.3 Å². The number of rotatable bonds is 6. The minimum Gasteiger partial charge on any atom is -0.462 e. The van der Waals surface area contributed by atoms with Crippen LogP contribution in [0.5, 0.6) is 0 Å². The highest BCUT2D eigenvalue weighted by molar-refractivity contribution is 6.16. The van der Waals surface area contributed by atoms with Crippen LogP contribution in [0.3, 0.4) is 0 Å². The maximum absolute atomic E-state index is 11.7. The Labute approximate surface area is 122 Å². The lowest BCUT2D eigenvalue weighted by molar-refractivity contribution is -0.139.